The normalized spacial score (nSPS) is 14.6. The van der Waals surface area contributed by atoms with Crippen LogP contribution in [0.2, 0.25) is 0 Å². The van der Waals surface area contributed by atoms with E-state index in [1.54, 1.807) is 12.1 Å². The maximum Gasteiger partial charge on any atom is 0.243 e. The van der Waals surface area contributed by atoms with Crippen molar-refractivity contribution in [1.29, 1.82) is 0 Å². The summed E-state index contributed by atoms with van der Waals surface area (Å²) < 4.78 is 43.6. The van der Waals surface area contributed by atoms with Gasteiger partial charge in [0.15, 0.2) is 0 Å². The van der Waals surface area contributed by atoms with Crippen LogP contribution in [0.4, 0.5) is 0 Å². The molecule has 0 bridgehead atoms. The van der Waals surface area contributed by atoms with E-state index in [4.69, 9.17) is 14.2 Å². The fraction of sp³-hybridized carbons (Fsp3) is 0.458. The van der Waals surface area contributed by atoms with Crippen molar-refractivity contribution in [3.63, 3.8) is 0 Å². The summed E-state index contributed by atoms with van der Waals surface area (Å²) in [6.07, 6.45) is 0.570. The van der Waals surface area contributed by atoms with Crippen LogP contribution < -0.4 is 14.8 Å². The van der Waals surface area contributed by atoms with Crippen molar-refractivity contribution in [2.75, 3.05) is 46.6 Å². The van der Waals surface area contributed by atoms with Crippen molar-refractivity contribution < 1.29 is 27.4 Å². The molecule has 0 unspecified atom stereocenters. The van der Waals surface area contributed by atoms with Gasteiger partial charge in [0, 0.05) is 19.5 Å². The van der Waals surface area contributed by atoms with Gasteiger partial charge in [-0.1, -0.05) is 6.07 Å². The van der Waals surface area contributed by atoms with E-state index in [9.17, 15) is 13.2 Å². The zero-order valence-electron chi connectivity index (χ0n) is 19.4. The largest absolute Gasteiger partial charge is 0.496 e. The summed E-state index contributed by atoms with van der Waals surface area (Å²) in [5.74, 6) is 1.19. The van der Waals surface area contributed by atoms with Crippen molar-refractivity contribution in [2.24, 2.45) is 0 Å². The average molecular weight is 477 g/mol. The van der Waals surface area contributed by atoms with E-state index in [0.717, 1.165) is 11.3 Å². The third-order valence-electron chi connectivity index (χ3n) is 5.65. The average Bonchev–Trinajstić information content (AvgIpc) is 2.83. The summed E-state index contributed by atoms with van der Waals surface area (Å²) in [6, 6.07) is 10.7. The minimum absolute atomic E-state index is 0.137. The molecule has 0 saturated carbocycles. The third-order valence-corrected chi connectivity index (χ3v) is 7.55. The number of amides is 1. The zero-order valence-corrected chi connectivity index (χ0v) is 20.2. The highest BCUT2D eigenvalue weighted by Gasteiger charge is 2.27. The van der Waals surface area contributed by atoms with Gasteiger partial charge in [-0.15, -0.1) is 0 Å². The SMILES string of the molecule is COc1ccc(S(=O)(=O)N2CCOCC2)cc1CCC(=O)NCCOc1ccc(C)c(C)c1. The van der Waals surface area contributed by atoms with Crippen LogP contribution in [0.3, 0.4) is 0 Å². The molecule has 8 nitrogen and oxygen atoms in total. The molecular formula is C24H32N2O6S. The van der Waals surface area contributed by atoms with Gasteiger partial charge in [0.25, 0.3) is 0 Å². The number of sulfonamides is 1. The highest BCUT2D eigenvalue weighted by atomic mass is 32.2. The molecule has 0 radical (unpaired) electrons. The van der Waals surface area contributed by atoms with Crippen molar-refractivity contribution in [3.8, 4) is 11.5 Å². The molecule has 1 aliphatic heterocycles. The first-order chi connectivity index (χ1) is 15.8. The van der Waals surface area contributed by atoms with E-state index in [2.05, 4.69) is 5.32 Å². The molecule has 1 N–H and O–H groups in total. The van der Waals surface area contributed by atoms with Crippen molar-refractivity contribution >= 4 is 15.9 Å². The van der Waals surface area contributed by atoms with Gasteiger partial charge in [-0.2, -0.15) is 4.31 Å². The van der Waals surface area contributed by atoms with Crippen LogP contribution in [0, 0.1) is 13.8 Å². The Morgan fingerprint density at radius 2 is 1.85 bits per heavy atom. The van der Waals surface area contributed by atoms with E-state index in [0.29, 0.717) is 57.2 Å². The van der Waals surface area contributed by atoms with Gasteiger partial charge >= 0.3 is 0 Å². The first-order valence-corrected chi connectivity index (χ1v) is 12.5. The lowest BCUT2D eigenvalue weighted by atomic mass is 10.1. The Balaban J connectivity index is 1.53. The third kappa shape index (κ3) is 6.69. The molecular weight excluding hydrogens is 444 g/mol. The van der Waals surface area contributed by atoms with Gasteiger partial charge in [0.1, 0.15) is 18.1 Å². The second kappa shape index (κ2) is 11.5. The fourth-order valence-corrected chi connectivity index (χ4v) is 5.01. The minimum atomic E-state index is -3.62. The van der Waals surface area contributed by atoms with Crippen LogP contribution in [0.25, 0.3) is 0 Å². The smallest absolute Gasteiger partial charge is 0.243 e. The summed E-state index contributed by atoms with van der Waals surface area (Å²) in [6.45, 7) is 6.25. The highest BCUT2D eigenvalue weighted by molar-refractivity contribution is 7.89. The molecule has 1 saturated heterocycles. The van der Waals surface area contributed by atoms with Crippen LogP contribution in [0.1, 0.15) is 23.1 Å². The number of hydrogen-bond donors (Lipinski definition) is 1. The van der Waals surface area contributed by atoms with Crippen molar-refractivity contribution in [1.82, 2.24) is 9.62 Å². The first kappa shape index (κ1) is 25.0. The number of aryl methyl sites for hydroxylation is 3. The maximum absolute atomic E-state index is 12.9. The molecule has 3 rings (SSSR count). The van der Waals surface area contributed by atoms with E-state index in [1.807, 2.05) is 32.0 Å². The lowest BCUT2D eigenvalue weighted by Crippen LogP contribution is -2.40. The highest BCUT2D eigenvalue weighted by Crippen LogP contribution is 2.26. The molecule has 33 heavy (non-hydrogen) atoms. The molecule has 2 aromatic carbocycles. The van der Waals surface area contributed by atoms with Crippen molar-refractivity contribution in [2.45, 2.75) is 31.6 Å². The molecule has 9 heteroatoms. The molecule has 2 aromatic rings. The number of benzene rings is 2. The van der Waals surface area contributed by atoms with Gasteiger partial charge in [-0.05, 0) is 67.3 Å². The first-order valence-electron chi connectivity index (χ1n) is 11.0. The van der Waals surface area contributed by atoms with Crippen molar-refractivity contribution in [3.05, 3.63) is 53.1 Å². The Morgan fingerprint density at radius 3 is 2.55 bits per heavy atom. The van der Waals surface area contributed by atoms with Gasteiger partial charge in [0.05, 0.1) is 31.8 Å². The number of carbonyl (C=O) groups is 1. The fourth-order valence-electron chi connectivity index (χ4n) is 3.55. The molecule has 180 valence electrons. The molecule has 1 heterocycles. The van der Waals surface area contributed by atoms with Gasteiger partial charge in [-0.3, -0.25) is 4.79 Å². The van der Waals surface area contributed by atoms with Crippen LogP contribution in [-0.2, 0) is 26.0 Å². The molecule has 0 aromatic heterocycles. The molecule has 1 fully saturated rings. The molecule has 1 amide bonds. The number of ether oxygens (including phenoxy) is 3. The number of methoxy groups -OCH3 is 1. The quantitative estimate of drug-likeness (QED) is 0.530. The van der Waals surface area contributed by atoms with Gasteiger partial charge < -0.3 is 19.5 Å². The Bertz CT molecular complexity index is 1060. The Morgan fingerprint density at radius 1 is 1.09 bits per heavy atom. The van der Waals surface area contributed by atoms with E-state index >= 15 is 0 Å². The number of carbonyl (C=O) groups excluding carboxylic acids is 1. The van der Waals surface area contributed by atoms with Crippen LogP contribution >= 0.6 is 0 Å². The standard InChI is InChI=1S/C24H32N2O6S/c1-18-4-6-21(16-19(18)2)32-13-10-25-24(27)9-5-20-17-22(7-8-23(20)30-3)33(28,29)26-11-14-31-15-12-26/h4,6-8,16-17H,5,9-15H2,1-3H3,(H,25,27). The van der Waals surface area contributed by atoms with Crippen LogP contribution in [0.15, 0.2) is 41.3 Å². The number of nitrogens with zero attached hydrogens (tertiary/aromatic N) is 1. The summed E-state index contributed by atoms with van der Waals surface area (Å²) >= 11 is 0. The number of morpholine rings is 1. The van der Waals surface area contributed by atoms with E-state index < -0.39 is 10.0 Å². The van der Waals surface area contributed by atoms with Gasteiger partial charge in [-0.25, -0.2) is 8.42 Å². The second-order valence-corrected chi connectivity index (χ2v) is 9.87. The number of nitrogens with one attached hydrogen (secondary N) is 1. The summed E-state index contributed by atoms with van der Waals surface area (Å²) in [7, 11) is -2.09. The van der Waals surface area contributed by atoms with Crippen LogP contribution in [-0.4, -0.2) is 65.2 Å². The number of hydrogen-bond acceptors (Lipinski definition) is 6. The predicted molar refractivity (Wildman–Crippen MR) is 125 cm³/mol. The Kier molecular flexibility index (Phi) is 8.71. The zero-order chi connectivity index (χ0) is 23.8. The number of rotatable bonds is 10. The predicted octanol–water partition coefficient (Wildman–Crippen LogP) is 2.46. The minimum Gasteiger partial charge on any atom is -0.496 e. The Labute approximate surface area is 195 Å². The van der Waals surface area contributed by atoms with Gasteiger partial charge in [0.2, 0.25) is 15.9 Å². The molecule has 0 aliphatic carbocycles. The lowest BCUT2D eigenvalue weighted by Gasteiger charge is -2.26. The van der Waals surface area contributed by atoms with Crippen LogP contribution in [0.5, 0.6) is 11.5 Å². The van der Waals surface area contributed by atoms with E-state index in [-0.39, 0.29) is 17.2 Å². The summed E-state index contributed by atoms with van der Waals surface area (Å²) in [5.41, 5.74) is 3.03. The molecule has 0 atom stereocenters. The maximum atomic E-state index is 12.9. The summed E-state index contributed by atoms with van der Waals surface area (Å²) in [5, 5.41) is 2.84. The lowest BCUT2D eigenvalue weighted by molar-refractivity contribution is -0.121. The molecule has 0 spiro atoms. The second-order valence-electron chi connectivity index (χ2n) is 7.93. The molecule has 1 aliphatic rings. The van der Waals surface area contributed by atoms with E-state index in [1.165, 1.54) is 23.0 Å². The topological polar surface area (TPSA) is 94.2 Å². The Hall–Kier alpha value is -2.62. The monoisotopic (exact) mass is 476 g/mol. The summed E-state index contributed by atoms with van der Waals surface area (Å²) in [4.78, 5) is 12.5.